The maximum atomic E-state index is 10.2. The fourth-order valence-corrected chi connectivity index (χ4v) is 0.744. The van der Waals surface area contributed by atoms with Gasteiger partial charge >= 0.3 is 5.97 Å². The molecule has 0 aliphatic carbocycles. The molecule has 0 rings (SSSR count). The molecule has 0 bridgehead atoms. The molecule has 86 valence electrons. The van der Waals surface area contributed by atoms with E-state index in [4.69, 9.17) is 15.3 Å². The van der Waals surface area contributed by atoms with E-state index in [-0.39, 0.29) is 32.8 Å². The van der Waals surface area contributed by atoms with E-state index in [0.29, 0.717) is 0 Å². The number of hydrogen-bond acceptors (Lipinski definition) is 4. The van der Waals surface area contributed by atoms with E-state index in [2.05, 4.69) is 13.8 Å². The van der Waals surface area contributed by atoms with Gasteiger partial charge in [-0.2, -0.15) is 0 Å². The molecule has 0 aliphatic heterocycles. The first kappa shape index (κ1) is 15.8. The van der Waals surface area contributed by atoms with Crippen LogP contribution in [0.2, 0.25) is 0 Å². The molecule has 0 heterocycles. The van der Waals surface area contributed by atoms with Crippen molar-refractivity contribution in [3.05, 3.63) is 0 Å². The summed E-state index contributed by atoms with van der Waals surface area (Å²) < 4.78 is 0. The molecule has 0 spiro atoms. The number of nitrogens with zero attached hydrogens (tertiary/aromatic N) is 1. The first-order valence-corrected chi connectivity index (χ1v) is 4.78. The van der Waals surface area contributed by atoms with Crippen molar-refractivity contribution in [2.45, 2.75) is 20.3 Å². The molecule has 5 heteroatoms. The summed E-state index contributed by atoms with van der Waals surface area (Å²) in [7, 11) is 0. The van der Waals surface area contributed by atoms with Crippen molar-refractivity contribution < 1.29 is 20.1 Å². The van der Waals surface area contributed by atoms with Gasteiger partial charge in [0.05, 0.1) is 19.8 Å². The van der Waals surface area contributed by atoms with Crippen LogP contribution in [0.3, 0.4) is 0 Å². The van der Waals surface area contributed by atoms with E-state index in [1.54, 1.807) is 0 Å². The first-order valence-electron chi connectivity index (χ1n) is 4.78. The van der Waals surface area contributed by atoms with Crippen molar-refractivity contribution in [1.29, 1.82) is 0 Å². The van der Waals surface area contributed by atoms with Gasteiger partial charge in [0, 0.05) is 13.1 Å². The van der Waals surface area contributed by atoms with Crippen molar-refractivity contribution in [3.8, 4) is 0 Å². The maximum absolute atomic E-state index is 10.2. The Hall–Kier alpha value is -0.650. The van der Waals surface area contributed by atoms with Gasteiger partial charge in [-0.3, -0.25) is 9.69 Å². The molecule has 0 amide bonds. The lowest BCUT2D eigenvalue weighted by Crippen LogP contribution is -2.34. The van der Waals surface area contributed by atoms with Gasteiger partial charge in [-0.15, -0.1) is 0 Å². The van der Waals surface area contributed by atoms with E-state index >= 15 is 0 Å². The summed E-state index contributed by atoms with van der Waals surface area (Å²) in [4.78, 5) is 11.6. The Morgan fingerprint density at radius 2 is 1.50 bits per heavy atom. The summed E-state index contributed by atoms with van der Waals surface area (Å²) in [6, 6.07) is 0. The second-order valence-corrected chi connectivity index (χ2v) is 2.82. The molecular weight excluding hydrogens is 186 g/mol. The molecule has 0 radical (unpaired) electrons. The van der Waals surface area contributed by atoms with Crippen molar-refractivity contribution in [1.82, 2.24) is 4.90 Å². The van der Waals surface area contributed by atoms with Gasteiger partial charge in [0.25, 0.3) is 0 Å². The van der Waals surface area contributed by atoms with Gasteiger partial charge in [0.15, 0.2) is 0 Å². The van der Waals surface area contributed by atoms with Gasteiger partial charge in [0.2, 0.25) is 0 Å². The summed E-state index contributed by atoms with van der Waals surface area (Å²) in [5.74, 6) is -0.952. The summed E-state index contributed by atoms with van der Waals surface area (Å²) in [6.45, 7) is 4.50. The van der Waals surface area contributed by atoms with Crippen LogP contribution in [-0.4, -0.2) is 59.0 Å². The van der Waals surface area contributed by atoms with Gasteiger partial charge < -0.3 is 15.3 Å². The monoisotopic (exact) mass is 207 g/mol. The number of hydrogen-bond donors (Lipinski definition) is 3. The summed E-state index contributed by atoms with van der Waals surface area (Å²) in [5.41, 5.74) is 0. The SMILES string of the molecule is CCC.O=C(O)CN(CCO)CCO. The Morgan fingerprint density at radius 3 is 1.71 bits per heavy atom. The predicted octanol–water partition coefficient (Wildman–Crippen LogP) is -0.226. The Labute approximate surface area is 85.0 Å². The minimum atomic E-state index is -0.952. The minimum Gasteiger partial charge on any atom is -0.480 e. The molecule has 3 N–H and O–H groups in total. The molecule has 0 fully saturated rings. The number of aliphatic carboxylic acids is 1. The second-order valence-electron chi connectivity index (χ2n) is 2.82. The minimum absolute atomic E-state index is 0.0900. The number of aliphatic hydroxyl groups is 2. The van der Waals surface area contributed by atoms with Crippen LogP contribution < -0.4 is 0 Å². The summed E-state index contributed by atoms with van der Waals surface area (Å²) in [6.07, 6.45) is 1.25. The molecule has 0 unspecified atom stereocenters. The van der Waals surface area contributed by atoms with Gasteiger partial charge in [0.1, 0.15) is 0 Å². The Morgan fingerprint density at radius 1 is 1.14 bits per heavy atom. The number of rotatable bonds is 6. The number of aliphatic hydroxyl groups excluding tert-OH is 2. The van der Waals surface area contributed by atoms with Crippen LogP contribution in [0.4, 0.5) is 0 Å². The topological polar surface area (TPSA) is 81.0 Å². The Kier molecular flexibility index (Phi) is 13.9. The Balaban J connectivity index is 0. The van der Waals surface area contributed by atoms with Crippen LogP contribution in [0.15, 0.2) is 0 Å². The van der Waals surface area contributed by atoms with Crippen molar-refractivity contribution in [3.63, 3.8) is 0 Å². The zero-order valence-electron chi connectivity index (χ0n) is 8.94. The molecule has 0 aromatic rings. The van der Waals surface area contributed by atoms with Crippen LogP contribution in [0.1, 0.15) is 20.3 Å². The molecule has 5 nitrogen and oxygen atoms in total. The summed E-state index contributed by atoms with van der Waals surface area (Å²) in [5, 5.41) is 25.3. The highest BCUT2D eigenvalue weighted by Crippen LogP contribution is 1.85. The van der Waals surface area contributed by atoms with Gasteiger partial charge in [-0.1, -0.05) is 20.3 Å². The van der Waals surface area contributed by atoms with Crippen LogP contribution in [-0.2, 0) is 4.79 Å². The van der Waals surface area contributed by atoms with Crippen molar-refractivity contribution >= 4 is 5.97 Å². The highest BCUT2D eigenvalue weighted by molar-refractivity contribution is 5.69. The molecule has 14 heavy (non-hydrogen) atoms. The average Bonchev–Trinajstić information content (AvgIpc) is 2.05. The van der Waals surface area contributed by atoms with Crippen LogP contribution in [0, 0.1) is 0 Å². The van der Waals surface area contributed by atoms with E-state index in [0.717, 1.165) is 0 Å². The van der Waals surface area contributed by atoms with Crippen LogP contribution in [0.5, 0.6) is 0 Å². The molecule has 0 atom stereocenters. The average molecular weight is 207 g/mol. The fraction of sp³-hybridized carbons (Fsp3) is 0.889. The highest BCUT2D eigenvalue weighted by atomic mass is 16.4. The fourth-order valence-electron chi connectivity index (χ4n) is 0.744. The Bertz CT molecular complexity index is 124. The van der Waals surface area contributed by atoms with E-state index < -0.39 is 5.97 Å². The lowest BCUT2D eigenvalue weighted by molar-refractivity contribution is -0.138. The van der Waals surface area contributed by atoms with Crippen LogP contribution >= 0.6 is 0 Å². The van der Waals surface area contributed by atoms with Crippen molar-refractivity contribution in [2.75, 3.05) is 32.8 Å². The lowest BCUT2D eigenvalue weighted by atomic mass is 10.4. The zero-order chi connectivity index (χ0) is 11.4. The van der Waals surface area contributed by atoms with E-state index in [1.807, 2.05) is 0 Å². The predicted molar refractivity (Wildman–Crippen MR) is 54.2 cm³/mol. The standard InChI is InChI=1S/C6H13NO4.C3H8/c8-3-1-7(2-4-9)5-6(10)11;1-3-2/h8-9H,1-5H2,(H,10,11);3H2,1-2H3. The molecule has 0 aromatic carbocycles. The van der Waals surface area contributed by atoms with Crippen LogP contribution in [0.25, 0.3) is 0 Å². The number of carbonyl (C=O) groups is 1. The zero-order valence-corrected chi connectivity index (χ0v) is 8.94. The van der Waals surface area contributed by atoms with Crippen molar-refractivity contribution in [2.24, 2.45) is 0 Å². The first-order chi connectivity index (χ1) is 6.62. The molecular formula is C9H21NO4. The highest BCUT2D eigenvalue weighted by Gasteiger charge is 2.06. The van der Waals surface area contributed by atoms with E-state index in [1.165, 1.54) is 11.3 Å². The normalized spacial score (nSPS) is 9.50. The van der Waals surface area contributed by atoms with Gasteiger partial charge in [-0.25, -0.2) is 0 Å². The molecule has 0 saturated carbocycles. The molecule has 0 saturated heterocycles. The molecule has 0 aliphatic rings. The summed E-state index contributed by atoms with van der Waals surface area (Å²) >= 11 is 0. The quantitative estimate of drug-likeness (QED) is 0.560. The third kappa shape index (κ3) is 13.9. The third-order valence-electron chi connectivity index (χ3n) is 1.19. The van der Waals surface area contributed by atoms with Gasteiger partial charge in [-0.05, 0) is 0 Å². The van der Waals surface area contributed by atoms with E-state index in [9.17, 15) is 4.79 Å². The maximum Gasteiger partial charge on any atom is 0.317 e. The lowest BCUT2D eigenvalue weighted by Gasteiger charge is -2.16. The number of carboxylic acid groups (broad SMARTS) is 1. The molecule has 0 aromatic heterocycles. The third-order valence-corrected chi connectivity index (χ3v) is 1.19. The number of carboxylic acids is 1. The second kappa shape index (κ2) is 12.3. The smallest absolute Gasteiger partial charge is 0.317 e. The largest absolute Gasteiger partial charge is 0.480 e.